The SMILES string of the molecule is COc1cc(Cl)c(C)cc1N1C(=O)C[C@H](NNC(=O)c2sc(-c3ccccc3)nc2C)C1=O. The van der Waals surface area contributed by atoms with E-state index < -0.39 is 23.8 Å². The molecule has 0 aliphatic carbocycles. The van der Waals surface area contributed by atoms with E-state index in [1.54, 1.807) is 26.0 Å². The van der Waals surface area contributed by atoms with Crippen molar-refractivity contribution in [1.29, 1.82) is 0 Å². The van der Waals surface area contributed by atoms with Crippen LogP contribution in [-0.2, 0) is 9.59 Å². The van der Waals surface area contributed by atoms with Gasteiger partial charge in [-0.25, -0.2) is 15.3 Å². The average molecular weight is 485 g/mol. The van der Waals surface area contributed by atoms with Crippen LogP contribution in [0.1, 0.15) is 27.3 Å². The molecular formula is C23H21ClN4O4S. The molecule has 170 valence electrons. The number of methoxy groups -OCH3 is 1. The van der Waals surface area contributed by atoms with Crippen molar-refractivity contribution in [2.24, 2.45) is 0 Å². The number of nitrogens with one attached hydrogen (secondary N) is 2. The lowest BCUT2D eigenvalue weighted by molar-refractivity contribution is -0.121. The van der Waals surface area contributed by atoms with E-state index in [4.69, 9.17) is 16.3 Å². The van der Waals surface area contributed by atoms with Crippen molar-refractivity contribution < 1.29 is 19.1 Å². The molecule has 4 rings (SSSR count). The maximum Gasteiger partial charge on any atom is 0.277 e. The molecule has 2 N–H and O–H groups in total. The predicted octanol–water partition coefficient (Wildman–Crippen LogP) is 3.66. The first kappa shape index (κ1) is 22.9. The molecule has 8 nitrogen and oxygen atoms in total. The molecule has 1 saturated heterocycles. The van der Waals surface area contributed by atoms with E-state index in [1.165, 1.54) is 18.4 Å². The minimum atomic E-state index is -0.913. The molecule has 0 spiro atoms. The first-order valence-electron chi connectivity index (χ1n) is 10.1. The summed E-state index contributed by atoms with van der Waals surface area (Å²) in [5, 5.41) is 1.19. The van der Waals surface area contributed by atoms with E-state index in [9.17, 15) is 14.4 Å². The first-order valence-corrected chi connectivity index (χ1v) is 11.3. The van der Waals surface area contributed by atoms with Gasteiger partial charge in [-0.3, -0.25) is 19.8 Å². The first-order chi connectivity index (χ1) is 15.8. The fourth-order valence-electron chi connectivity index (χ4n) is 3.50. The highest BCUT2D eigenvalue weighted by molar-refractivity contribution is 7.17. The second-order valence-electron chi connectivity index (χ2n) is 7.50. The number of hydrogen-bond donors (Lipinski definition) is 2. The fourth-order valence-corrected chi connectivity index (χ4v) is 4.63. The summed E-state index contributed by atoms with van der Waals surface area (Å²) in [4.78, 5) is 44.3. The molecule has 33 heavy (non-hydrogen) atoms. The van der Waals surface area contributed by atoms with E-state index in [-0.39, 0.29) is 6.42 Å². The smallest absolute Gasteiger partial charge is 0.277 e. The number of hydrazine groups is 1. The second kappa shape index (κ2) is 9.30. The lowest BCUT2D eigenvalue weighted by atomic mass is 10.2. The van der Waals surface area contributed by atoms with Gasteiger partial charge in [0.15, 0.2) is 0 Å². The molecule has 0 radical (unpaired) electrons. The van der Waals surface area contributed by atoms with Crippen LogP contribution in [-0.4, -0.2) is 35.9 Å². The average Bonchev–Trinajstić information content (AvgIpc) is 3.33. The van der Waals surface area contributed by atoms with Gasteiger partial charge in [0.2, 0.25) is 5.91 Å². The Morgan fingerprint density at radius 2 is 1.94 bits per heavy atom. The van der Waals surface area contributed by atoms with Crippen molar-refractivity contribution in [3.8, 4) is 16.3 Å². The number of imide groups is 1. The molecule has 10 heteroatoms. The number of carbonyl (C=O) groups excluding carboxylic acids is 3. The van der Waals surface area contributed by atoms with Gasteiger partial charge in [0.05, 0.1) is 24.9 Å². The quantitative estimate of drug-likeness (QED) is 0.409. The summed E-state index contributed by atoms with van der Waals surface area (Å²) in [5.74, 6) is -1.02. The van der Waals surface area contributed by atoms with E-state index in [0.29, 0.717) is 32.6 Å². The van der Waals surface area contributed by atoms with Crippen LogP contribution in [0.25, 0.3) is 10.6 Å². The van der Waals surface area contributed by atoms with Crippen LogP contribution in [0.3, 0.4) is 0 Å². The molecular weight excluding hydrogens is 464 g/mol. The summed E-state index contributed by atoms with van der Waals surface area (Å²) >= 11 is 7.39. The number of rotatable bonds is 6. The van der Waals surface area contributed by atoms with Crippen molar-refractivity contribution >= 4 is 46.3 Å². The highest BCUT2D eigenvalue weighted by atomic mass is 35.5. The van der Waals surface area contributed by atoms with Gasteiger partial charge < -0.3 is 4.74 Å². The van der Waals surface area contributed by atoms with Crippen LogP contribution in [0.5, 0.6) is 5.75 Å². The summed E-state index contributed by atoms with van der Waals surface area (Å²) in [6.07, 6.45) is -0.110. The van der Waals surface area contributed by atoms with Gasteiger partial charge in [-0.2, -0.15) is 0 Å². The maximum absolute atomic E-state index is 13.0. The molecule has 0 saturated carbocycles. The number of ether oxygens (including phenoxy) is 1. The van der Waals surface area contributed by atoms with Crippen LogP contribution in [0.15, 0.2) is 42.5 Å². The van der Waals surface area contributed by atoms with E-state index in [1.807, 2.05) is 30.3 Å². The van der Waals surface area contributed by atoms with Crippen LogP contribution in [0.4, 0.5) is 5.69 Å². The third-order valence-electron chi connectivity index (χ3n) is 5.23. The summed E-state index contributed by atoms with van der Waals surface area (Å²) in [7, 11) is 1.44. The molecule has 2 heterocycles. The Balaban J connectivity index is 1.48. The lowest BCUT2D eigenvalue weighted by Gasteiger charge is -2.19. The van der Waals surface area contributed by atoms with Gasteiger partial charge in [0.25, 0.3) is 11.8 Å². The van der Waals surface area contributed by atoms with Gasteiger partial charge in [0.1, 0.15) is 21.7 Å². The van der Waals surface area contributed by atoms with Gasteiger partial charge in [-0.05, 0) is 25.5 Å². The standard InChI is InChI=1S/C23H21ClN4O4S/c1-12-9-17(18(32-3)10-15(12)24)28-19(29)11-16(23(28)31)26-27-21(30)20-13(2)25-22(33-20)14-7-5-4-6-8-14/h4-10,16,26H,11H2,1-3H3,(H,27,30)/t16-/m0/s1. The third kappa shape index (κ3) is 4.47. The van der Waals surface area contributed by atoms with Crippen LogP contribution < -0.4 is 20.5 Å². The predicted molar refractivity (Wildman–Crippen MR) is 127 cm³/mol. The van der Waals surface area contributed by atoms with E-state index in [0.717, 1.165) is 15.5 Å². The molecule has 1 aromatic heterocycles. The van der Waals surface area contributed by atoms with Gasteiger partial charge in [-0.1, -0.05) is 41.9 Å². The Bertz CT molecular complexity index is 1240. The van der Waals surface area contributed by atoms with Gasteiger partial charge in [0, 0.05) is 16.7 Å². The van der Waals surface area contributed by atoms with Crippen molar-refractivity contribution in [2.75, 3.05) is 12.0 Å². The Hall–Kier alpha value is -3.27. The number of carbonyl (C=O) groups is 3. The van der Waals surface area contributed by atoms with Crippen molar-refractivity contribution in [1.82, 2.24) is 15.8 Å². The molecule has 1 aliphatic heterocycles. The number of nitrogens with zero attached hydrogens (tertiary/aromatic N) is 2. The molecule has 1 fully saturated rings. The van der Waals surface area contributed by atoms with E-state index in [2.05, 4.69) is 15.8 Å². The molecule has 2 aromatic carbocycles. The van der Waals surface area contributed by atoms with Crippen LogP contribution >= 0.6 is 22.9 Å². The monoisotopic (exact) mass is 484 g/mol. The summed E-state index contributed by atoms with van der Waals surface area (Å²) < 4.78 is 5.31. The summed E-state index contributed by atoms with van der Waals surface area (Å²) in [6.45, 7) is 3.52. The normalized spacial score (nSPS) is 15.8. The highest BCUT2D eigenvalue weighted by Crippen LogP contribution is 2.36. The zero-order chi connectivity index (χ0) is 23.7. The number of amides is 3. The lowest BCUT2D eigenvalue weighted by Crippen LogP contribution is -2.48. The van der Waals surface area contributed by atoms with Gasteiger partial charge in [-0.15, -0.1) is 11.3 Å². The van der Waals surface area contributed by atoms with E-state index >= 15 is 0 Å². The van der Waals surface area contributed by atoms with Crippen molar-refractivity contribution in [2.45, 2.75) is 26.3 Å². The Morgan fingerprint density at radius 1 is 1.21 bits per heavy atom. The minimum absolute atomic E-state index is 0.110. The van der Waals surface area contributed by atoms with Crippen LogP contribution in [0, 0.1) is 13.8 Å². The Kier molecular flexibility index (Phi) is 6.46. The Morgan fingerprint density at radius 3 is 2.64 bits per heavy atom. The molecule has 0 bridgehead atoms. The number of thiazole rings is 1. The number of halogens is 1. The summed E-state index contributed by atoms with van der Waals surface area (Å²) in [6, 6.07) is 11.8. The zero-order valence-corrected chi connectivity index (χ0v) is 19.7. The van der Waals surface area contributed by atoms with Crippen molar-refractivity contribution in [3.05, 3.63) is 63.6 Å². The van der Waals surface area contributed by atoms with Gasteiger partial charge >= 0.3 is 0 Å². The largest absolute Gasteiger partial charge is 0.495 e. The number of aryl methyl sites for hydroxylation is 2. The zero-order valence-electron chi connectivity index (χ0n) is 18.1. The highest BCUT2D eigenvalue weighted by Gasteiger charge is 2.41. The second-order valence-corrected chi connectivity index (χ2v) is 8.90. The maximum atomic E-state index is 13.0. The molecule has 0 unspecified atom stereocenters. The molecule has 3 amide bonds. The molecule has 1 atom stereocenters. The van der Waals surface area contributed by atoms with Crippen LogP contribution in [0.2, 0.25) is 5.02 Å². The number of benzene rings is 2. The molecule has 1 aliphatic rings. The number of anilines is 1. The summed E-state index contributed by atoms with van der Waals surface area (Å²) in [5.41, 5.74) is 7.76. The minimum Gasteiger partial charge on any atom is -0.495 e. The fraction of sp³-hybridized carbons (Fsp3) is 0.217. The number of aromatic nitrogens is 1. The number of hydrogen-bond acceptors (Lipinski definition) is 7. The molecule has 3 aromatic rings. The topological polar surface area (TPSA) is 101 Å². The third-order valence-corrected chi connectivity index (χ3v) is 6.84. The Labute approximate surface area is 199 Å². The van der Waals surface area contributed by atoms with Crippen molar-refractivity contribution in [3.63, 3.8) is 0 Å².